The van der Waals surface area contributed by atoms with Crippen LogP contribution in [0.25, 0.3) is 0 Å². The largest absolute Gasteiger partial charge is 0.397 e. The summed E-state index contributed by atoms with van der Waals surface area (Å²) in [5.74, 6) is -1.56. The highest BCUT2D eigenvalue weighted by Crippen LogP contribution is 2.41. The van der Waals surface area contributed by atoms with Crippen molar-refractivity contribution in [2.45, 2.75) is 12.7 Å². The summed E-state index contributed by atoms with van der Waals surface area (Å²) in [5, 5.41) is 2.52. The molecule has 1 aromatic carbocycles. The molecule has 1 aromatic rings. The molecule has 0 saturated carbocycles. The monoisotopic (exact) mass is 234 g/mol. The molecule has 0 bridgehead atoms. The Morgan fingerprint density at radius 3 is 2.60 bits per heavy atom. The number of nitrogen functional groups attached to an aromatic ring is 1. The average molecular weight is 234 g/mol. The number of halogens is 1. The van der Waals surface area contributed by atoms with Crippen molar-refractivity contribution in [2.24, 2.45) is 0 Å². The van der Waals surface area contributed by atoms with Gasteiger partial charge in [0.15, 0.2) is 0 Å². The predicted octanol–water partition coefficient (Wildman–Crippen LogP) is 1.34. The van der Waals surface area contributed by atoms with Gasteiger partial charge in [-0.3, -0.25) is 4.57 Å². The van der Waals surface area contributed by atoms with E-state index in [4.69, 9.17) is 15.5 Å². The van der Waals surface area contributed by atoms with Crippen LogP contribution in [0.1, 0.15) is 6.92 Å². The van der Waals surface area contributed by atoms with Gasteiger partial charge in [0.25, 0.3) is 0 Å². The van der Waals surface area contributed by atoms with Crippen LogP contribution in [-0.2, 0) is 4.57 Å². The summed E-state index contributed by atoms with van der Waals surface area (Å²) in [6.45, 7) is 1.32. The fourth-order valence-electron chi connectivity index (χ4n) is 0.974. The van der Waals surface area contributed by atoms with E-state index in [1.54, 1.807) is 0 Å². The molecule has 1 atom stereocenters. The lowest BCUT2D eigenvalue weighted by atomic mass is 10.2. The third-order valence-corrected chi connectivity index (χ3v) is 3.02. The first-order chi connectivity index (χ1) is 6.80. The number of anilines is 2. The van der Waals surface area contributed by atoms with Crippen LogP contribution >= 0.6 is 7.60 Å². The summed E-state index contributed by atoms with van der Waals surface area (Å²) < 4.78 is 23.5. The summed E-state index contributed by atoms with van der Waals surface area (Å²) in [7, 11) is -4.21. The van der Waals surface area contributed by atoms with Gasteiger partial charge in [0.1, 0.15) is 11.6 Å². The zero-order chi connectivity index (χ0) is 11.6. The Hall–Kier alpha value is -1.10. The van der Waals surface area contributed by atoms with Gasteiger partial charge in [0.05, 0.1) is 11.4 Å². The van der Waals surface area contributed by atoms with Crippen molar-refractivity contribution in [3.63, 3.8) is 0 Å². The van der Waals surface area contributed by atoms with Crippen molar-refractivity contribution in [3.05, 3.63) is 24.0 Å². The standard InChI is InChI=1S/C8H12FN2O3P/c1-5(15(12,13)14)11-8-3-2-6(9)4-7(8)10/h2-5,11H,10H2,1H3,(H2,12,13,14). The Kier molecular flexibility index (Phi) is 3.34. The molecule has 84 valence electrons. The molecular weight excluding hydrogens is 222 g/mol. The van der Waals surface area contributed by atoms with Crippen LogP contribution in [0, 0.1) is 5.82 Å². The van der Waals surface area contributed by atoms with Crippen LogP contribution in [0.5, 0.6) is 0 Å². The van der Waals surface area contributed by atoms with Gasteiger partial charge in [-0.2, -0.15) is 0 Å². The second-order valence-electron chi connectivity index (χ2n) is 3.14. The highest BCUT2D eigenvalue weighted by molar-refractivity contribution is 7.52. The third-order valence-electron chi connectivity index (χ3n) is 1.88. The molecule has 1 rings (SSSR count). The lowest BCUT2D eigenvalue weighted by Crippen LogP contribution is -2.16. The molecule has 0 spiro atoms. The van der Waals surface area contributed by atoms with Crippen LogP contribution in [0.2, 0.25) is 0 Å². The summed E-state index contributed by atoms with van der Waals surface area (Å²) in [5.41, 5.74) is 5.86. The quantitative estimate of drug-likeness (QED) is 0.467. The number of benzene rings is 1. The molecule has 15 heavy (non-hydrogen) atoms. The Balaban J connectivity index is 2.86. The molecule has 1 unspecified atom stereocenters. The van der Waals surface area contributed by atoms with E-state index in [-0.39, 0.29) is 5.69 Å². The SMILES string of the molecule is CC(Nc1ccc(F)cc1N)P(=O)(O)O. The Morgan fingerprint density at radius 1 is 1.53 bits per heavy atom. The lowest BCUT2D eigenvalue weighted by molar-refractivity contribution is 0.364. The maximum Gasteiger partial charge on any atom is 0.347 e. The molecule has 7 heteroatoms. The number of nitrogens with one attached hydrogen (secondary N) is 1. The topological polar surface area (TPSA) is 95.6 Å². The molecule has 0 heterocycles. The van der Waals surface area contributed by atoms with Crippen LogP contribution < -0.4 is 11.1 Å². The summed E-state index contributed by atoms with van der Waals surface area (Å²) in [6, 6.07) is 3.57. The van der Waals surface area contributed by atoms with Gasteiger partial charge in [0.2, 0.25) is 0 Å². The minimum absolute atomic E-state index is 0.107. The molecule has 0 amide bonds. The molecule has 0 aliphatic carbocycles. The molecule has 5 nitrogen and oxygen atoms in total. The van der Waals surface area contributed by atoms with E-state index in [0.717, 1.165) is 12.1 Å². The number of hydrogen-bond donors (Lipinski definition) is 4. The molecule has 0 aliphatic heterocycles. The molecule has 0 aliphatic rings. The highest BCUT2D eigenvalue weighted by atomic mass is 31.2. The zero-order valence-corrected chi connectivity index (χ0v) is 8.91. The minimum atomic E-state index is -4.21. The average Bonchev–Trinajstić information content (AvgIpc) is 2.08. The Morgan fingerprint density at radius 2 is 2.13 bits per heavy atom. The van der Waals surface area contributed by atoms with Crippen molar-refractivity contribution in [3.8, 4) is 0 Å². The van der Waals surface area contributed by atoms with E-state index in [1.807, 2.05) is 0 Å². The van der Waals surface area contributed by atoms with Gasteiger partial charge in [0, 0.05) is 0 Å². The first kappa shape index (κ1) is 12.0. The van der Waals surface area contributed by atoms with Crippen molar-refractivity contribution < 1.29 is 18.7 Å². The predicted molar refractivity (Wildman–Crippen MR) is 55.9 cm³/mol. The first-order valence-electron chi connectivity index (χ1n) is 4.17. The summed E-state index contributed by atoms with van der Waals surface area (Å²) in [6.07, 6.45) is 0. The molecule has 0 radical (unpaired) electrons. The lowest BCUT2D eigenvalue weighted by Gasteiger charge is -2.17. The van der Waals surface area contributed by atoms with Crippen molar-refractivity contribution in [1.82, 2.24) is 0 Å². The van der Waals surface area contributed by atoms with Crippen LogP contribution in [0.15, 0.2) is 18.2 Å². The molecule has 0 aromatic heterocycles. The second-order valence-corrected chi connectivity index (χ2v) is 5.09. The van der Waals surface area contributed by atoms with Crippen LogP contribution in [0.3, 0.4) is 0 Å². The molecule has 0 fully saturated rings. The van der Waals surface area contributed by atoms with Gasteiger partial charge in [-0.1, -0.05) is 0 Å². The van der Waals surface area contributed by atoms with E-state index in [2.05, 4.69) is 5.32 Å². The zero-order valence-electron chi connectivity index (χ0n) is 8.01. The van der Waals surface area contributed by atoms with Crippen molar-refractivity contribution in [2.75, 3.05) is 11.1 Å². The first-order valence-corrected chi connectivity index (χ1v) is 5.85. The van der Waals surface area contributed by atoms with E-state index >= 15 is 0 Å². The van der Waals surface area contributed by atoms with Crippen molar-refractivity contribution in [1.29, 1.82) is 0 Å². The minimum Gasteiger partial charge on any atom is -0.397 e. The normalized spacial score (nSPS) is 13.6. The number of rotatable bonds is 3. The third kappa shape index (κ3) is 3.20. The summed E-state index contributed by atoms with van der Waals surface area (Å²) >= 11 is 0. The van der Waals surface area contributed by atoms with E-state index < -0.39 is 19.2 Å². The maximum absolute atomic E-state index is 12.7. The van der Waals surface area contributed by atoms with E-state index in [1.165, 1.54) is 13.0 Å². The van der Waals surface area contributed by atoms with E-state index in [0.29, 0.717) is 5.69 Å². The van der Waals surface area contributed by atoms with Gasteiger partial charge < -0.3 is 20.8 Å². The fourth-order valence-corrected chi connectivity index (χ4v) is 1.28. The Bertz CT molecular complexity index is 407. The molecule has 5 N–H and O–H groups in total. The summed E-state index contributed by atoms with van der Waals surface area (Å²) in [4.78, 5) is 17.7. The van der Waals surface area contributed by atoms with Crippen LogP contribution in [-0.4, -0.2) is 15.6 Å². The van der Waals surface area contributed by atoms with Gasteiger partial charge >= 0.3 is 7.60 Å². The van der Waals surface area contributed by atoms with Gasteiger partial charge in [-0.25, -0.2) is 4.39 Å². The van der Waals surface area contributed by atoms with Crippen molar-refractivity contribution >= 4 is 19.0 Å². The Labute approximate surface area is 86.3 Å². The van der Waals surface area contributed by atoms with Crippen LogP contribution in [0.4, 0.5) is 15.8 Å². The molecular formula is C8H12FN2O3P. The van der Waals surface area contributed by atoms with Gasteiger partial charge in [-0.05, 0) is 25.1 Å². The number of nitrogens with two attached hydrogens (primary N) is 1. The second kappa shape index (κ2) is 4.18. The molecule has 0 saturated heterocycles. The smallest absolute Gasteiger partial charge is 0.347 e. The maximum atomic E-state index is 12.7. The van der Waals surface area contributed by atoms with Gasteiger partial charge in [-0.15, -0.1) is 0 Å². The van der Waals surface area contributed by atoms with E-state index in [9.17, 15) is 8.96 Å². The number of hydrogen-bond acceptors (Lipinski definition) is 3. The fraction of sp³-hybridized carbons (Fsp3) is 0.250. The highest BCUT2D eigenvalue weighted by Gasteiger charge is 2.23.